The quantitative estimate of drug-likeness (QED) is 0.203. The zero-order valence-corrected chi connectivity index (χ0v) is 19.3. The molecule has 0 amide bonds. The van der Waals surface area contributed by atoms with Crippen molar-refractivity contribution < 1.29 is 18.7 Å². The van der Waals surface area contributed by atoms with Crippen molar-refractivity contribution in [2.45, 2.75) is 19.1 Å². The molecule has 0 radical (unpaired) electrons. The van der Waals surface area contributed by atoms with Crippen LogP contribution in [-0.4, -0.2) is 30.0 Å². The van der Waals surface area contributed by atoms with Crippen LogP contribution in [-0.2, 0) is 21.6 Å². The van der Waals surface area contributed by atoms with E-state index in [1.165, 1.54) is 0 Å². The van der Waals surface area contributed by atoms with Crippen LogP contribution in [0.2, 0.25) is 0 Å². The highest BCUT2D eigenvalue weighted by Crippen LogP contribution is 2.36. The van der Waals surface area contributed by atoms with Gasteiger partial charge in [-0.15, -0.1) is 0 Å². The number of allylic oxidation sites excluding steroid dienone is 1. The third kappa shape index (κ3) is 5.39. The van der Waals surface area contributed by atoms with Gasteiger partial charge in [0, 0.05) is 17.2 Å². The summed E-state index contributed by atoms with van der Waals surface area (Å²) < 4.78 is 22.5. The molecule has 4 aromatic rings. The summed E-state index contributed by atoms with van der Waals surface area (Å²) in [5.74, 6) is -1.03. The summed E-state index contributed by atoms with van der Waals surface area (Å²) in [5, 5.41) is 17.0. The number of aromatic nitrogens is 2. The van der Waals surface area contributed by atoms with Crippen LogP contribution in [0.3, 0.4) is 0 Å². The molecule has 4 rings (SSSR count). The maximum atomic E-state index is 11.3. The third-order valence-corrected chi connectivity index (χ3v) is 6.13. The Morgan fingerprint density at radius 1 is 1.06 bits per heavy atom. The average molecular weight is 472 g/mol. The van der Waals surface area contributed by atoms with Gasteiger partial charge in [0.05, 0.1) is 11.7 Å². The Morgan fingerprint density at radius 2 is 1.82 bits per heavy atom. The number of nitrogens with zero attached hydrogens (tertiary/aromatic N) is 1. The number of rotatable bonds is 8. The third-order valence-electron chi connectivity index (χ3n) is 5.56. The molecule has 7 heteroatoms. The van der Waals surface area contributed by atoms with Gasteiger partial charge in [-0.1, -0.05) is 72.6 Å². The van der Waals surface area contributed by atoms with Crippen molar-refractivity contribution in [2.75, 3.05) is 0 Å². The van der Waals surface area contributed by atoms with Gasteiger partial charge in [-0.25, -0.2) is 4.79 Å². The van der Waals surface area contributed by atoms with Crippen LogP contribution in [0.5, 0.6) is 0 Å². The largest absolute Gasteiger partial charge is 0.772 e. The molecular formula is C27H23N2O4S-. The Kier molecular flexibility index (Phi) is 7.15. The van der Waals surface area contributed by atoms with Gasteiger partial charge in [0.25, 0.3) is 0 Å². The monoisotopic (exact) mass is 471 g/mol. The number of hydrogen-bond donors (Lipinski definition) is 2. The van der Waals surface area contributed by atoms with Crippen molar-refractivity contribution in [3.05, 3.63) is 107 Å². The molecule has 0 aliphatic carbocycles. The lowest BCUT2D eigenvalue weighted by atomic mass is 9.87. The molecule has 1 unspecified atom stereocenters. The molecule has 1 aromatic heterocycles. The van der Waals surface area contributed by atoms with E-state index < -0.39 is 17.0 Å². The molecule has 0 spiro atoms. The number of nitrogens with one attached hydrogen (secondary N) is 1. The van der Waals surface area contributed by atoms with E-state index in [0.29, 0.717) is 0 Å². The molecule has 0 saturated carbocycles. The molecule has 3 aromatic carbocycles. The van der Waals surface area contributed by atoms with E-state index >= 15 is 0 Å². The number of carbonyl (C=O) groups is 1. The number of carboxylic acid groups (broad SMARTS) is 1. The summed E-state index contributed by atoms with van der Waals surface area (Å²) in [6, 6.07) is 21.4. The van der Waals surface area contributed by atoms with Gasteiger partial charge in [0.15, 0.2) is 0 Å². The van der Waals surface area contributed by atoms with E-state index in [2.05, 4.69) is 23.2 Å². The predicted molar refractivity (Wildman–Crippen MR) is 134 cm³/mol. The van der Waals surface area contributed by atoms with E-state index in [1.807, 2.05) is 60.7 Å². The highest BCUT2D eigenvalue weighted by Gasteiger charge is 2.14. The first-order valence-corrected chi connectivity index (χ1v) is 12.0. The highest BCUT2D eigenvalue weighted by atomic mass is 32.2. The van der Waals surface area contributed by atoms with Crippen LogP contribution >= 0.6 is 0 Å². The van der Waals surface area contributed by atoms with E-state index in [9.17, 15) is 13.6 Å². The number of benzene rings is 3. The Morgan fingerprint density at radius 3 is 2.53 bits per heavy atom. The maximum absolute atomic E-state index is 11.3. The van der Waals surface area contributed by atoms with Gasteiger partial charge < -0.3 is 9.66 Å². The van der Waals surface area contributed by atoms with Crippen molar-refractivity contribution >= 4 is 45.2 Å². The van der Waals surface area contributed by atoms with Crippen LogP contribution in [0.1, 0.15) is 41.2 Å². The Balaban J connectivity index is 1.90. The molecule has 6 nitrogen and oxygen atoms in total. The fourth-order valence-electron chi connectivity index (χ4n) is 4.05. The Labute approximate surface area is 199 Å². The fraction of sp³-hybridized carbons (Fsp3) is 0.111. The molecule has 0 aliphatic rings. The lowest BCUT2D eigenvalue weighted by Gasteiger charge is -2.17. The normalized spacial score (nSPS) is 13.2. The molecule has 1 heterocycles. The molecule has 0 fully saturated rings. The summed E-state index contributed by atoms with van der Waals surface area (Å²) in [6.07, 6.45) is 5.18. The van der Waals surface area contributed by atoms with Crippen LogP contribution in [0.15, 0.2) is 79.0 Å². The number of fused-ring (bicyclic) bond motifs is 1. The number of H-pyrrole nitrogens is 1. The van der Waals surface area contributed by atoms with Crippen molar-refractivity contribution in [3.8, 4) is 0 Å². The van der Waals surface area contributed by atoms with Crippen LogP contribution < -0.4 is 0 Å². The SMILES string of the molecule is CC/C(=C(/c1ccc(/C=C/C(=O)O)cc1)c1ccc2[nH]ncc2c1)c1cccc(CS(=O)[O-])c1. The van der Waals surface area contributed by atoms with Gasteiger partial charge in [0.2, 0.25) is 0 Å². The molecule has 2 N–H and O–H groups in total. The summed E-state index contributed by atoms with van der Waals surface area (Å²) in [5.41, 5.74) is 7.51. The highest BCUT2D eigenvalue weighted by molar-refractivity contribution is 7.78. The van der Waals surface area contributed by atoms with Gasteiger partial charge in [-0.3, -0.25) is 9.31 Å². The van der Waals surface area contributed by atoms with Crippen LogP contribution in [0, 0.1) is 0 Å². The van der Waals surface area contributed by atoms with Crippen molar-refractivity contribution in [1.29, 1.82) is 0 Å². The number of carboxylic acids is 1. The van der Waals surface area contributed by atoms with Crippen molar-refractivity contribution in [1.82, 2.24) is 10.2 Å². The van der Waals surface area contributed by atoms with E-state index in [4.69, 9.17) is 5.11 Å². The summed E-state index contributed by atoms with van der Waals surface area (Å²) in [4.78, 5) is 10.9. The zero-order chi connectivity index (χ0) is 24.1. The molecule has 0 saturated heterocycles. The fourth-order valence-corrected chi connectivity index (χ4v) is 4.50. The molecular weight excluding hydrogens is 448 g/mol. The van der Waals surface area contributed by atoms with Gasteiger partial charge >= 0.3 is 5.97 Å². The Hall–Kier alpha value is -3.81. The molecule has 0 bridgehead atoms. The second-order valence-corrected chi connectivity index (χ2v) is 8.72. The first-order chi connectivity index (χ1) is 16.4. The second-order valence-electron chi connectivity index (χ2n) is 7.82. The number of aliphatic carboxylic acids is 1. The second kappa shape index (κ2) is 10.4. The van der Waals surface area contributed by atoms with E-state index in [0.717, 1.165) is 62.4 Å². The lowest BCUT2D eigenvalue weighted by molar-refractivity contribution is -0.131. The van der Waals surface area contributed by atoms with Gasteiger partial charge in [-0.2, -0.15) is 5.10 Å². The standard InChI is InChI=1S/C27H24N2O4S/c1-2-24(21-5-3-4-19(14-21)17-34(32)33)27(22-11-12-25-23(15-22)16-28-29-25)20-9-6-18(7-10-20)8-13-26(30)31/h3-16H,2,17H2,1H3,(H,28,29)(H,30,31)(H,32,33)/p-1/b13-8+,27-24+. The van der Waals surface area contributed by atoms with Gasteiger partial charge in [0.1, 0.15) is 0 Å². The smallest absolute Gasteiger partial charge is 0.328 e. The predicted octanol–water partition coefficient (Wildman–Crippen LogP) is 5.41. The van der Waals surface area contributed by atoms with Crippen LogP contribution in [0.4, 0.5) is 0 Å². The minimum atomic E-state index is -2.17. The minimum Gasteiger partial charge on any atom is -0.772 e. The maximum Gasteiger partial charge on any atom is 0.328 e. The van der Waals surface area contributed by atoms with E-state index in [-0.39, 0.29) is 5.75 Å². The Bertz CT molecular complexity index is 1420. The lowest BCUT2D eigenvalue weighted by Crippen LogP contribution is -1.98. The molecule has 34 heavy (non-hydrogen) atoms. The summed E-state index contributed by atoms with van der Waals surface area (Å²) in [6.45, 7) is 2.08. The number of hydrogen-bond acceptors (Lipinski definition) is 4. The zero-order valence-electron chi connectivity index (χ0n) is 18.5. The molecule has 0 aliphatic heterocycles. The first-order valence-electron chi connectivity index (χ1n) is 10.8. The average Bonchev–Trinajstić information content (AvgIpc) is 3.29. The molecule has 1 atom stereocenters. The van der Waals surface area contributed by atoms with Crippen molar-refractivity contribution in [2.24, 2.45) is 0 Å². The topological polar surface area (TPSA) is 106 Å². The van der Waals surface area contributed by atoms with Gasteiger partial charge in [-0.05, 0) is 63.6 Å². The minimum absolute atomic E-state index is 0.0360. The van der Waals surface area contributed by atoms with Crippen LogP contribution in [0.25, 0.3) is 28.1 Å². The summed E-state index contributed by atoms with van der Waals surface area (Å²) in [7, 11) is 0. The number of aromatic amines is 1. The van der Waals surface area contributed by atoms with Crippen molar-refractivity contribution in [3.63, 3.8) is 0 Å². The first kappa shape index (κ1) is 23.4. The van der Waals surface area contributed by atoms with E-state index in [1.54, 1.807) is 12.3 Å². The summed E-state index contributed by atoms with van der Waals surface area (Å²) >= 11 is -2.17. The molecule has 172 valence electrons.